The van der Waals surface area contributed by atoms with Crippen LogP contribution in [0.4, 0.5) is 17.2 Å². The molecule has 6 nitrogen and oxygen atoms in total. The fourth-order valence-electron chi connectivity index (χ4n) is 4.80. The van der Waals surface area contributed by atoms with Gasteiger partial charge < -0.3 is 18.6 Å². The Hall–Kier alpha value is -4.67. The third-order valence-corrected chi connectivity index (χ3v) is 6.53. The molecule has 0 N–H and O–H groups in total. The summed E-state index contributed by atoms with van der Waals surface area (Å²) in [5, 5.41) is 1.96. The Morgan fingerprint density at radius 2 is 1.60 bits per heavy atom. The van der Waals surface area contributed by atoms with E-state index in [2.05, 4.69) is 28.2 Å². The zero-order chi connectivity index (χ0) is 26.2. The van der Waals surface area contributed by atoms with E-state index in [0.29, 0.717) is 17.1 Å². The summed E-state index contributed by atoms with van der Waals surface area (Å²) in [6, 6.07) is 38.5. The van der Waals surface area contributed by atoms with E-state index in [1.165, 1.54) is 0 Å². The molecule has 0 bridgehead atoms. The van der Waals surface area contributed by atoms with Gasteiger partial charge in [0.15, 0.2) is 0 Å². The summed E-state index contributed by atoms with van der Waals surface area (Å²) in [6.07, 6.45) is 5.47. The van der Waals surface area contributed by atoms with E-state index in [-0.39, 0.29) is 21.1 Å². The van der Waals surface area contributed by atoms with Crippen molar-refractivity contribution in [1.82, 2.24) is 14.5 Å². The molecule has 3 heterocycles. The largest absolute Gasteiger partial charge is 2.00 e. The first kappa shape index (κ1) is 25.6. The van der Waals surface area contributed by atoms with Gasteiger partial charge >= 0.3 is 21.1 Å². The third-order valence-electron chi connectivity index (χ3n) is 6.53. The molecule has 7 heteroatoms. The molecular formula is C33H22N4O2Pt. The van der Waals surface area contributed by atoms with Crippen molar-refractivity contribution >= 4 is 39.1 Å². The van der Waals surface area contributed by atoms with Gasteiger partial charge in [-0.1, -0.05) is 71.2 Å². The van der Waals surface area contributed by atoms with E-state index in [1.807, 2.05) is 114 Å². The second-order valence-corrected chi connectivity index (χ2v) is 9.07. The number of nitrogens with zero attached hydrogens (tertiary/aromatic N) is 4. The van der Waals surface area contributed by atoms with Crippen LogP contribution in [0, 0.1) is 12.1 Å². The Kier molecular flexibility index (Phi) is 6.93. The van der Waals surface area contributed by atoms with Gasteiger partial charge in [0.2, 0.25) is 0 Å². The predicted molar refractivity (Wildman–Crippen MR) is 153 cm³/mol. The normalized spacial score (nSPS) is 10.9. The molecule has 0 spiro atoms. The number of benzene rings is 4. The number of para-hydroxylation sites is 2. The zero-order valence-corrected chi connectivity index (χ0v) is 23.7. The van der Waals surface area contributed by atoms with Crippen LogP contribution in [-0.4, -0.2) is 14.5 Å². The van der Waals surface area contributed by atoms with Crippen molar-refractivity contribution in [1.29, 1.82) is 0 Å². The number of hydrogen-bond donors (Lipinski definition) is 0. The minimum Gasteiger partial charge on any atom is -0.503 e. The maximum atomic E-state index is 6.37. The van der Waals surface area contributed by atoms with Gasteiger partial charge in [0.25, 0.3) is 0 Å². The molecule has 0 atom stereocenters. The summed E-state index contributed by atoms with van der Waals surface area (Å²) < 4.78 is 14.6. The van der Waals surface area contributed by atoms with E-state index in [0.717, 1.165) is 44.9 Å². The number of ether oxygens (including phenoxy) is 1. The summed E-state index contributed by atoms with van der Waals surface area (Å²) in [5.41, 5.74) is 4.09. The Morgan fingerprint density at radius 1 is 0.775 bits per heavy atom. The number of fused-ring (bicyclic) bond motifs is 3. The maximum Gasteiger partial charge on any atom is 2.00 e. The standard InChI is InChI=1S/C33H22N4O2.Pt/c1-36-19-18-35-33(36)28-21-26(22-30-32(28)27-14-5-6-15-29(27)39-30)38-25-13-9-12-24(20-25)37(23-10-3-2-4-11-23)31-16-7-8-17-34-31;/h2-19,22H,1H3;/q-2;+2. The fraction of sp³-hybridized carbons (Fsp3) is 0.0303. The molecule has 0 fully saturated rings. The van der Waals surface area contributed by atoms with Crippen molar-refractivity contribution in [2.24, 2.45) is 7.05 Å². The number of furan rings is 1. The molecule has 0 saturated carbocycles. The van der Waals surface area contributed by atoms with Crippen LogP contribution in [0.15, 0.2) is 120 Å². The summed E-state index contributed by atoms with van der Waals surface area (Å²) in [4.78, 5) is 11.2. The maximum absolute atomic E-state index is 6.37. The van der Waals surface area contributed by atoms with Crippen LogP contribution >= 0.6 is 0 Å². The molecular weight excluding hydrogens is 679 g/mol. The molecule has 3 aromatic heterocycles. The minimum absolute atomic E-state index is 0. The van der Waals surface area contributed by atoms with Gasteiger partial charge in [-0.3, -0.25) is 4.98 Å². The first-order chi connectivity index (χ1) is 19.2. The van der Waals surface area contributed by atoms with Crippen LogP contribution in [-0.2, 0) is 28.1 Å². The van der Waals surface area contributed by atoms with E-state index in [9.17, 15) is 0 Å². The summed E-state index contributed by atoms with van der Waals surface area (Å²) >= 11 is 0. The van der Waals surface area contributed by atoms with Crippen molar-refractivity contribution in [3.8, 4) is 22.9 Å². The second kappa shape index (κ2) is 10.8. The van der Waals surface area contributed by atoms with E-state index < -0.39 is 0 Å². The molecule has 0 saturated heterocycles. The summed E-state index contributed by atoms with van der Waals surface area (Å²) in [7, 11) is 1.96. The van der Waals surface area contributed by atoms with Crippen molar-refractivity contribution in [2.75, 3.05) is 4.90 Å². The number of pyridine rings is 1. The summed E-state index contributed by atoms with van der Waals surface area (Å²) in [6.45, 7) is 0. The minimum atomic E-state index is 0. The number of aryl methyl sites for hydroxylation is 1. The quantitative estimate of drug-likeness (QED) is 0.164. The predicted octanol–water partition coefficient (Wildman–Crippen LogP) is 8.24. The van der Waals surface area contributed by atoms with Gasteiger partial charge in [-0.25, -0.2) is 4.98 Å². The van der Waals surface area contributed by atoms with E-state index in [4.69, 9.17) is 9.15 Å². The fourth-order valence-corrected chi connectivity index (χ4v) is 4.80. The average molecular weight is 702 g/mol. The molecule has 0 radical (unpaired) electrons. The van der Waals surface area contributed by atoms with E-state index >= 15 is 0 Å². The molecule has 0 aliphatic heterocycles. The van der Waals surface area contributed by atoms with Crippen LogP contribution in [0.5, 0.6) is 11.5 Å². The SMILES string of the molecule is Cn1ccnc1-c1[c-]c(Oc2[c-]c(N(c3ccccc3)c3ccccn3)ccc2)cc2oc3ccccc3c12.[Pt+2]. The van der Waals surface area contributed by atoms with Crippen molar-refractivity contribution in [2.45, 2.75) is 0 Å². The van der Waals surface area contributed by atoms with Crippen molar-refractivity contribution in [3.63, 3.8) is 0 Å². The molecule has 196 valence electrons. The zero-order valence-electron chi connectivity index (χ0n) is 21.4. The number of rotatable bonds is 6. The van der Waals surface area contributed by atoms with Crippen LogP contribution in [0.2, 0.25) is 0 Å². The summed E-state index contributed by atoms with van der Waals surface area (Å²) in [5.74, 6) is 2.61. The average Bonchev–Trinajstić information content (AvgIpc) is 3.57. The molecule has 7 aromatic rings. The number of anilines is 3. The number of hydrogen-bond acceptors (Lipinski definition) is 5. The van der Waals surface area contributed by atoms with E-state index in [1.54, 1.807) is 12.4 Å². The van der Waals surface area contributed by atoms with Gasteiger partial charge in [-0.2, -0.15) is 6.07 Å². The van der Waals surface area contributed by atoms with Gasteiger partial charge in [-0.15, -0.1) is 18.2 Å². The monoisotopic (exact) mass is 701 g/mol. The topological polar surface area (TPSA) is 56.3 Å². The van der Waals surface area contributed by atoms with Gasteiger partial charge in [-0.05, 0) is 35.7 Å². The molecule has 0 aliphatic carbocycles. The molecule has 4 aromatic carbocycles. The van der Waals surface area contributed by atoms with Crippen molar-refractivity contribution in [3.05, 3.63) is 128 Å². The molecule has 0 unspecified atom stereocenters. The number of imidazole rings is 1. The molecule has 40 heavy (non-hydrogen) atoms. The van der Waals surface area contributed by atoms with Crippen LogP contribution in [0.25, 0.3) is 33.3 Å². The van der Waals surface area contributed by atoms with Crippen molar-refractivity contribution < 1.29 is 30.2 Å². The first-order valence-electron chi connectivity index (χ1n) is 12.6. The van der Waals surface area contributed by atoms with Crippen LogP contribution in [0.1, 0.15) is 0 Å². The first-order valence-corrected chi connectivity index (χ1v) is 12.6. The Morgan fingerprint density at radius 3 is 2.40 bits per heavy atom. The Balaban J connectivity index is 0.00000289. The molecule has 0 amide bonds. The molecule has 7 rings (SSSR count). The number of aromatic nitrogens is 3. The van der Waals surface area contributed by atoms with Gasteiger partial charge in [0.05, 0.1) is 11.4 Å². The van der Waals surface area contributed by atoms with Crippen LogP contribution < -0.4 is 9.64 Å². The molecule has 0 aliphatic rings. The van der Waals surface area contributed by atoms with Gasteiger partial charge in [0.1, 0.15) is 11.4 Å². The van der Waals surface area contributed by atoms with Crippen LogP contribution in [0.3, 0.4) is 0 Å². The third kappa shape index (κ3) is 4.67. The Bertz CT molecular complexity index is 1880. The smallest absolute Gasteiger partial charge is 0.503 e. The Labute approximate surface area is 245 Å². The second-order valence-electron chi connectivity index (χ2n) is 9.07. The van der Waals surface area contributed by atoms with Gasteiger partial charge in [0, 0.05) is 42.8 Å².